The van der Waals surface area contributed by atoms with E-state index in [9.17, 15) is 22.4 Å². The van der Waals surface area contributed by atoms with Crippen LogP contribution in [-0.4, -0.2) is 61.7 Å². The van der Waals surface area contributed by atoms with Gasteiger partial charge in [-0.25, -0.2) is 8.70 Å². The van der Waals surface area contributed by atoms with E-state index in [2.05, 4.69) is 5.32 Å². The molecule has 0 saturated carbocycles. The van der Waals surface area contributed by atoms with E-state index in [1.807, 2.05) is 0 Å². The number of anilines is 1. The maximum absolute atomic E-state index is 14.6. The molecule has 0 heterocycles. The molecule has 0 aliphatic heterocycles. The second-order valence-electron chi connectivity index (χ2n) is 9.28. The second kappa shape index (κ2) is 11.4. The van der Waals surface area contributed by atoms with E-state index >= 15 is 0 Å². The number of nitrogens with one attached hydrogen (secondary N) is 1. The molecule has 2 amide bonds. The summed E-state index contributed by atoms with van der Waals surface area (Å²) in [5, 5.41) is 3.22. The third kappa shape index (κ3) is 7.39. The highest BCUT2D eigenvalue weighted by Crippen LogP contribution is 2.24. The Morgan fingerprint density at radius 1 is 1.06 bits per heavy atom. The van der Waals surface area contributed by atoms with E-state index in [1.54, 1.807) is 52.0 Å². The molecule has 0 aliphatic rings. The molecule has 0 radical (unpaired) electrons. The molecular formula is C24H32ClFN4O4S. The standard InChI is InChI=1S/C24H32ClFN4O4S/c1-17(23(32)27-24(2,3)4)29(15-18-11-7-8-12-19(18)25)22(31)16-30(35(33,34)28(5)6)21-14-10-9-13-20(21)26/h7-14,17H,15-16H2,1-6H3,(H,27,32). The van der Waals surface area contributed by atoms with Gasteiger partial charge in [-0.3, -0.25) is 9.59 Å². The highest BCUT2D eigenvalue weighted by molar-refractivity contribution is 7.90. The second-order valence-corrected chi connectivity index (χ2v) is 11.8. The van der Waals surface area contributed by atoms with E-state index in [0.29, 0.717) is 14.9 Å². The molecule has 1 N–H and O–H groups in total. The van der Waals surface area contributed by atoms with Crippen LogP contribution in [0.4, 0.5) is 10.1 Å². The lowest BCUT2D eigenvalue weighted by molar-refractivity contribution is -0.140. The molecular weight excluding hydrogens is 495 g/mol. The van der Waals surface area contributed by atoms with Gasteiger partial charge >= 0.3 is 10.2 Å². The Bertz CT molecular complexity index is 1170. The van der Waals surface area contributed by atoms with Gasteiger partial charge in [-0.2, -0.15) is 12.7 Å². The minimum Gasteiger partial charge on any atom is -0.350 e. The number of para-hydroxylation sites is 1. The van der Waals surface area contributed by atoms with Crippen LogP contribution in [0, 0.1) is 5.82 Å². The number of rotatable bonds is 9. The monoisotopic (exact) mass is 526 g/mol. The fourth-order valence-electron chi connectivity index (χ4n) is 3.22. The zero-order valence-corrected chi connectivity index (χ0v) is 22.3. The van der Waals surface area contributed by atoms with E-state index < -0.39 is 46.0 Å². The van der Waals surface area contributed by atoms with Gasteiger partial charge in [0.25, 0.3) is 0 Å². The number of halogens is 2. The summed E-state index contributed by atoms with van der Waals surface area (Å²) in [4.78, 5) is 27.8. The van der Waals surface area contributed by atoms with Gasteiger partial charge in [0.05, 0.1) is 5.69 Å². The lowest BCUT2D eigenvalue weighted by atomic mass is 10.1. The fourth-order valence-corrected chi connectivity index (χ4v) is 4.48. The zero-order valence-electron chi connectivity index (χ0n) is 20.7. The van der Waals surface area contributed by atoms with Crippen molar-refractivity contribution in [2.24, 2.45) is 0 Å². The van der Waals surface area contributed by atoms with Crippen LogP contribution in [-0.2, 0) is 26.3 Å². The molecule has 1 atom stereocenters. The molecule has 2 aromatic carbocycles. The number of carbonyl (C=O) groups is 2. The van der Waals surface area contributed by atoms with E-state index in [0.717, 1.165) is 10.4 Å². The van der Waals surface area contributed by atoms with Crippen molar-refractivity contribution in [3.05, 3.63) is 64.9 Å². The normalized spacial score (nSPS) is 12.8. The molecule has 2 rings (SSSR count). The molecule has 2 aromatic rings. The number of hydrogen-bond donors (Lipinski definition) is 1. The van der Waals surface area contributed by atoms with Crippen molar-refractivity contribution in [1.29, 1.82) is 0 Å². The van der Waals surface area contributed by atoms with Crippen molar-refractivity contribution < 1.29 is 22.4 Å². The Hall–Kier alpha value is -2.69. The number of benzene rings is 2. The Morgan fingerprint density at radius 2 is 1.63 bits per heavy atom. The van der Waals surface area contributed by atoms with Crippen molar-refractivity contribution in [1.82, 2.24) is 14.5 Å². The van der Waals surface area contributed by atoms with Gasteiger partial charge in [0.1, 0.15) is 18.4 Å². The first-order chi connectivity index (χ1) is 16.1. The van der Waals surface area contributed by atoms with Crippen LogP contribution in [0.15, 0.2) is 48.5 Å². The van der Waals surface area contributed by atoms with E-state index in [1.165, 1.54) is 37.2 Å². The van der Waals surface area contributed by atoms with Crippen molar-refractivity contribution in [3.8, 4) is 0 Å². The molecule has 0 spiro atoms. The van der Waals surface area contributed by atoms with Crippen LogP contribution < -0.4 is 9.62 Å². The SMILES string of the molecule is CC(C(=O)NC(C)(C)C)N(Cc1ccccc1Cl)C(=O)CN(c1ccccc1F)S(=O)(=O)N(C)C. The van der Waals surface area contributed by atoms with Gasteiger partial charge < -0.3 is 10.2 Å². The molecule has 8 nitrogen and oxygen atoms in total. The third-order valence-electron chi connectivity index (χ3n) is 5.10. The van der Waals surface area contributed by atoms with Gasteiger partial charge in [0, 0.05) is 31.2 Å². The number of nitrogens with zero attached hydrogens (tertiary/aromatic N) is 3. The highest BCUT2D eigenvalue weighted by atomic mass is 35.5. The summed E-state index contributed by atoms with van der Waals surface area (Å²) in [6.07, 6.45) is 0. The van der Waals surface area contributed by atoms with Gasteiger partial charge in [-0.05, 0) is 51.5 Å². The van der Waals surface area contributed by atoms with Crippen LogP contribution in [0.2, 0.25) is 5.02 Å². The molecule has 0 aliphatic carbocycles. The summed E-state index contributed by atoms with van der Waals surface area (Å²) in [5.41, 5.74) is -0.261. The van der Waals surface area contributed by atoms with Crippen LogP contribution in [0.25, 0.3) is 0 Å². The van der Waals surface area contributed by atoms with E-state index in [-0.39, 0.29) is 12.2 Å². The summed E-state index contributed by atoms with van der Waals surface area (Å²) in [6.45, 7) is 6.19. The lowest BCUT2D eigenvalue weighted by Crippen LogP contribution is -2.55. The molecule has 0 aromatic heterocycles. The van der Waals surface area contributed by atoms with Crippen LogP contribution in [0.1, 0.15) is 33.3 Å². The molecule has 0 saturated heterocycles. The Morgan fingerprint density at radius 3 is 2.17 bits per heavy atom. The summed E-state index contributed by atoms with van der Waals surface area (Å²) in [5.74, 6) is -1.93. The first-order valence-corrected chi connectivity index (χ1v) is 12.7. The molecule has 1 unspecified atom stereocenters. The average Bonchev–Trinajstić information content (AvgIpc) is 2.75. The van der Waals surface area contributed by atoms with Crippen molar-refractivity contribution in [3.63, 3.8) is 0 Å². The first kappa shape index (κ1) is 28.5. The van der Waals surface area contributed by atoms with Gasteiger partial charge in [0.2, 0.25) is 11.8 Å². The molecule has 0 fully saturated rings. The molecule has 11 heteroatoms. The number of carbonyl (C=O) groups excluding carboxylic acids is 2. The third-order valence-corrected chi connectivity index (χ3v) is 7.28. The minimum atomic E-state index is -4.25. The van der Waals surface area contributed by atoms with Crippen molar-refractivity contribution in [2.75, 3.05) is 24.9 Å². The van der Waals surface area contributed by atoms with E-state index in [4.69, 9.17) is 11.6 Å². The van der Waals surface area contributed by atoms with Crippen molar-refractivity contribution in [2.45, 2.75) is 45.8 Å². The quantitative estimate of drug-likeness (QED) is 0.542. The average molecular weight is 527 g/mol. The lowest BCUT2D eigenvalue weighted by Gasteiger charge is -2.34. The molecule has 35 heavy (non-hydrogen) atoms. The predicted octanol–water partition coefficient (Wildman–Crippen LogP) is 3.42. The van der Waals surface area contributed by atoms with Gasteiger partial charge in [-0.1, -0.05) is 41.9 Å². The topological polar surface area (TPSA) is 90.0 Å². The molecule has 0 bridgehead atoms. The summed E-state index contributed by atoms with van der Waals surface area (Å²) in [6, 6.07) is 11.2. The Kier molecular flexibility index (Phi) is 9.27. The summed E-state index contributed by atoms with van der Waals surface area (Å²) >= 11 is 6.30. The number of amides is 2. The molecule has 192 valence electrons. The highest BCUT2D eigenvalue weighted by Gasteiger charge is 2.34. The largest absolute Gasteiger partial charge is 0.350 e. The number of hydrogen-bond acceptors (Lipinski definition) is 4. The van der Waals surface area contributed by atoms with Crippen LogP contribution in [0.3, 0.4) is 0 Å². The first-order valence-electron chi connectivity index (χ1n) is 10.9. The van der Waals surface area contributed by atoms with Crippen LogP contribution >= 0.6 is 11.6 Å². The minimum absolute atomic E-state index is 0.0512. The van der Waals surface area contributed by atoms with Crippen molar-refractivity contribution >= 4 is 39.3 Å². The van der Waals surface area contributed by atoms with Crippen LogP contribution in [0.5, 0.6) is 0 Å². The summed E-state index contributed by atoms with van der Waals surface area (Å²) in [7, 11) is -1.67. The zero-order chi connectivity index (χ0) is 26.6. The summed E-state index contributed by atoms with van der Waals surface area (Å²) < 4.78 is 42.3. The predicted molar refractivity (Wildman–Crippen MR) is 136 cm³/mol. The fraction of sp³-hybridized carbons (Fsp3) is 0.417. The van der Waals surface area contributed by atoms with Gasteiger partial charge in [0.15, 0.2) is 0 Å². The van der Waals surface area contributed by atoms with Gasteiger partial charge in [-0.15, -0.1) is 0 Å². The Balaban J connectivity index is 2.50. The smallest absolute Gasteiger partial charge is 0.304 e. The maximum Gasteiger partial charge on any atom is 0.304 e. The Labute approximate surface area is 211 Å². The maximum atomic E-state index is 14.6.